The van der Waals surface area contributed by atoms with Gasteiger partial charge in [-0.15, -0.1) is 0 Å². The van der Waals surface area contributed by atoms with Crippen LogP contribution in [0.4, 0.5) is 14.6 Å². The minimum Gasteiger partial charge on any atom is -0.385 e. The average Bonchev–Trinajstić information content (AvgIpc) is 3.03. The Morgan fingerprint density at radius 3 is 2.46 bits per heavy atom. The molecule has 0 radical (unpaired) electrons. The number of hydrogen-bond acceptors (Lipinski definition) is 5. The van der Waals surface area contributed by atoms with Gasteiger partial charge in [0.1, 0.15) is 12.1 Å². The van der Waals surface area contributed by atoms with E-state index >= 15 is 0 Å². The second kappa shape index (κ2) is 6.94. The Labute approximate surface area is 161 Å². The van der Waals surface area contributed by atoms with Gasteiger partial charge >= 0.3 is 0 Å². The van der Waals surface area contributed by atoms with Crippen LogP contribution in [-0.2, 0) is 12.6 Å². The Bertz CT molecular complexity index is 1010. The second-order valence-corrected chi connectivity index (χ2v) is 7.21. The number of nitrogens with zero attached hydrogens (tertiary/aromatic N) is 5. The van der Waals surface area contributed by atoms with Crippen molar-refractivity contribution < 1.29 is 13.9 Å². The zero-order valence-electron chi connectivity index (χ0n) is 15.7. The van der Waals surface area contributed by atoms with E-state index in [1.165, 1.54) is 12.4 Å². The van der Waals surface area contributed by atoms with Gasteiger partial charge < -0.3 is 10.0 Å². The van der Waals surface area contributed by atoms with Gasteiger partial charge in [0.2, 0.25) is 0 Å². The molecule has 1 N–H and O–H groups in total. The number of benzene rings is 1. The highest BCUT2D eigenvalue weighted by Crippen LogP contribution is 2.35. The van der Waals surface area contributed by atoms with Crippen molar-refractivity contribution in [3.63, 3.8) is 0 Å². The molecule has 1 fully saturated rings. The fourth-order valence-corrected chi connectivity index (χ4v) is 3.70. The summed E-state index contributed by atoms with van der Waals surface area (Å²) in [5.41, 5.74) is 1.85. The zero-order chi connectivity index (χ0) is 19.9. The summed E-state index contributed by atoms with van der Waals surface area (Å²) in [6.07, 6.45) is 4.22. The monoisotopic (exact) mass is 385 g/mol. The van der Waals surface area contributed by atoms with Gasteiger partial charge in [0, 0.05) is 38.0 Å². The number of aliphatic hydroxyl groups is 1. The van der Waals surface area contributed by atoms with Gasteiger partial charge in [-0.3, -0.25) is 4.68 Å². The smallest absolute Gasteiger partial charge is 0.159 e. The predicted molar refractivity (Wildman–Crippen MR) is 101 cm³/mol. The van der Waals surface area contributed by atoms with E-state index in [-0.39, 0.29) is 0 Å². The number of anilines is 1. The van der Waals surface area contributed by atoms with Crippen LogP contribution in [0.15, 0.2) is 36.8 Å². The summed E-state index contributed by atoms with van der Waals surface area (Å²) < 4.78 is 28.5. The van der Waals surface area contributed by atoms with Gasteiger partial charge in [0.15, 0.2) is 11.6 Å². The molecule has 28 heavy (non-hydrogen) atoms. The standard InChI is InChI=1S/C20H21F2N5O/c1-13-15(11-26(2)25-13)18-10-19(24-12-23-18)27-7-5-20(28,6-8-27)14-3-4-16(21)17(22)9-14/h3-4,9-12,28H,5-8H2,1-2H3. The van der Waals surface area contributed by atoms with Gasteiger partial charge in [-0.1, -0.05) is 6.07 Å². The van der Waals surface area contributed by atoms with Gasteiger partial charge in [0.05, 0.1) is 17.0 Å². The fraction of sp³-hybridized carbons (Fsp3) is 0.350. The Morgan fingerprint density at radius 2 is 1.82 bits per heavy atom. The first-order chi connectivity index (χ1) is 13.4. The van der Waals surface area contributed by atoms with Gasteiger partial charge in [-0.05, 0) is 37.5 Å². The molecule has 1 aromatic carbocycles. The van der Waals surface area contributed by atoms with Crippen LogP contribution in [0.5, 0.6) is 0 Å². The van der Waals surface area contributed by atoms with Crippen LogP contribution in [0.3, 0.4) is 0 Å². The fourth-order valence-electron chi connectivity index (χ4n) is 3.70. The summed E-state index contributed by atoms with van der Waals surface area (Å²) in [5.74, 6) is -1.09. The van der Waals surface area contributed by atoms with Gasteiger partial charge in [-0.25, -0.2) is 18.7 Å². The van der Waals surface area contributed by atoms with Crippen LogP contribution in [0, 0.1) is 18.6 Å². The maximum atomic E-state index is 13.6. The first-order valence-corrected chi connectivity index (χ1v) is 9.11. The number of rotatable bonds is 3. The predicted octanol–water partition coefficient (Wildman–Crippen LogP) is 2.95. The maximum Gasteiger partial charge on any atom is 0.159 e. The SMILES string of the molecule is Cc1nn(C)cc1-c1cc(N2CCC(O)(c3ccc(F)c(F)c3)CC2)ncn1. The lowest BCUT2D eigenvalue weighted by atomic mass is 9.84. The van der Waals surface area contributed by atoms with Crippen LogP contribution < -0.4 is 4.90 Å². The third kappa shape index (κ3) is 3.35. The van der Waals surface area contributed by atoms with E-state index in [2.05, 4.69) is 20.0 Å². The van der Waals surface area contributed by atoms with Crippen LogP contribution in [0.1, 0.15) is 24.1 Å². The molecule has 0 bridgehead atoms. The van der Waals surface area contributed by atoms with Crippen molar-refractivity contribution in [3.8, 4) is 11.3 Å². The molecular formula is C20H21F2N5O. The summed E-state index contributed by atoms with van der Waals surface area (Å²) in [4.78, 5) is 10.8. The Hall–Kier alpha value is -2.87. The van der Waals surface area contributed by atoms with Crippen LogP contribution in [-0.4, -0.2) is 37.9 Å². The number of hydrogen-bond donors (Lipinski definition) is 1. The molecule has 0 aliphatic carbocycles. The molecule has 0 atom stereocenters. The Kier molecular flexibility index (Phi) is 4.58. The molecule has 1 aliphatic heterocycles. The van der Waals surface area contributed by atoms with E-state index in [4.69, 9.17) is 0 Å². The molecule has 3 heterocycles. The van der Waals surface area contributed by atoms with Crippen molar-refractivity contribution in [3.05, 3.63) is 59.7 Å². The van der Waals surface area contributed by atoms with Crippen molar-refractivity contribution in [1.29, 1.82) is 0 Å². The number of piperidine rings is 1. The highest BCUT2D eigenvalue weighted by atomic mass is 19.2. The first-order valence-electron chi connectivity index (χ1n) is 9.11. The Balaban J connectivity index is 1.53. The number of aryl methyl sites for hydroxylation is 2. The lowest BCUT2D eigenvalue weighted by molar-refractivity contribution is 0.0113. The van der Waals surface area contributed by atoms with Crippen molar-refractivity contribution in [2.75, 3.05) is 18.0 Å². The quantitative estimate of drug-likeness (QED) is 0.751. The third-order valence-corrected chi connectivity index (χ3v) is 5.31. The van der Waals surface area contributed by atoms with Gasteiger partial charge in [-0.2, -0.15) is 5.10 Å². The molecule has 0 saturated carbocycles. The van der Waals surface area contributed by atoms with Crippen LogP contribution in [0.2, 0.25) is 0 Å². The van der Waals surface area contributed by atoms with E-state index in [9.17, 15) is 13.9 Å². The Morgan fingerprint density at radius 1 is 1.07 bits per heavy atom. The third-order valence-electron chi connectivity index (χ3n) is 5.31. The molecule has 0 spiro atoms. The number of aromatic nitrogens is 4. The summed E-state index contributed by atoms with van der Waals surface area (Å²) in [5, 5.41) is 15.3. The molecular weight excluding hydrogens is 364 g/mol. The number of halogens is 2. The largest absolute Gasteiger partial charge is 0.385 e. The normalized spacial score (nSPS) is 16.4. The minimum absolute atomic E-state index is 0.392. The zero-order valence-corrected chi connectivity index (χ0v) is 15.7. The summed E-state index contributed by atoms with van der Waals surface area (Å²) >= 11 is 0. The minimum atomic E-state index is -1.18. The van der Waals surface area contributed by atoms with Crippen molar-refractivity contribution in [2.24, 2.45) is 7.05 Å². The van der Waals surface area contributed by atoms with E-state index < -0.39 is 17.2 Å². The average molecular weight is 385 g/mol. The molecule has 6 nitrogen and oxygen atoms in total. The molecule has 1 aliphatic rings. The highest BCUT2D eigenvalue weighted by Gasteiger charge is 2.35. The highest BCUT2D eigenvalue weighted by molar-refractivity contribution is 5.64. The van der Waals surface area contributed by atoms with E-state index in [0.717, 1.165) is 34.9 Å². The summed E-state index contributed by atoms with van der Waals surface area (Å²) in [7, 11) is 1.86. The van der Waals surface area contributed by atoms with E-state index in [1.54, 1.807) is 4.68 Å². The summed E-state index contributed by atoms with van der Waals surface area (Å²) in [6.45, 7) is 3.01. The van der Waals surface area contributed by atoms with Crippen molar-refractivity contribution >= 4 is 5.82 Å². The molecule has 4 rings (SSSR count). The van der Waals surface area contributed by atoms with Gasteiger partial charge in [0.25, 0.3) is 0 Å². The maximum absolute atomic E-state index is 13.6. The van der Waals surface area contributed by atoms with Crippen LogP contribution in [0.25, 0.3) is 11.3 Å². The molecule has 0 amide bonds. The lowest BCUT2D eigenvalue weighted by Gasteiger charge is -2.39. The van der Waals surface area contributed by atoms with Crippen molar-refractivity contribution in [2.45, 2.75) is 25.4 Å². The first kappa shape index (κ1) is 18.5. The van der Waals surface area contributed by atoms with Crippen molar-refractivity contribution in [1.82, 2.24) is 19.7 Å². The molecule has 3 aromatic rings. The lowest BCUT2D eigenvalue weighted by Crippen LogP contribution is -2.43. The second-order valence-electron chi connectivity index (χ2n) is 7.21. The summed E-state index contributed by atoms with van der Waals surface area (Å²) in [6, 6.07) is 5.49. The molecule has 1 saturated heterocycles. The topological polar surface area (TPSA) is 67.1 Å². The molecule has 2 aromatic heterocycles. The molecule has 8 heteroatoms. The van der Waals surface area contributed by atoms with Crippen LogP contribution >= 0.6 is 0 Å². The molecule has 146 valence electrons. The van der Waals surface area contributed by atoms with E-state index in [0.29, 0.717) is 31.5 Å². The van der Waals surface area contributed by atoms with E-state index in [1.807, 2.05) is 26.2 Å². The molecule has 0 unspecified atom stereocenters.